The number of anilines is 2. The smallest absolute Gasteiger partial charge is 0.253 e. The predicted octanol–water partition coefficient (Wildman–Crippen LogP) is 7.21. The lowest BCUT2D eigenvalue weighted by atomic mass is 9.97. The Labute approximate surface area is 229 Å². The molecule has 1 amide bonds. The molecule has 0 aliphatic carbocycles. The number of hydrazone groups is 1. The summed E-state index contributed by atoms with van der Waals surface area (Å²) in [4.78, 5) is 13.5. The molecule has 1 aliphatic heterocycles. The van der Waals surface area contributed by atoms with Crippen molar-refractivity contribution in [1.82, 2.24) is 15.2 Å². The number of fused-ring (bicyclic) bond motifs is 1. The highest BCUT2D eigenvalue weighted by Gasteiger charge is 2.33. The van der Waals surface area contributed by atoms with Crippen LogP contribution in [0.1, 0.15) is 29.2 Å². The second-order valence-corrected chi connectivity index (χ2v) is 11.3. The lowest BCUT2D eigenvalue weighted by molar-refractivity contribution is -0.130. The van der Waals surface area contributed by atoms with Crippen LogP contribution in [-0.4, -0.2) is 32.6 Å². The zero-order valence-electron chi connectivity index (χ0n) is 20.7. The largest absolute Gasteiger partial charge is 0.330 e. The lowest BCUT2D eigenvalue weighted by Gasteiger charge is -2.21. The Morgan fingerprint density at radius 3 is 2.55 bits per heavy atom. The van der Waals surface area contributed by atoms with Gasteiger partial charge in [-0.1, -0.05) is 108 Å². The maximum Gasteiger partial charge on any atom is 0.253 e. The van der Waals surface area contributed by atoms with Gasteiger partial charge in [-0.15, -0.1) is 10.2 Å². The summed E-state index contributed by atoms with van der Waals surface area (Å²) >= 11 is 2.83. The number of carbonyl (C=O) groups is 1. The molecule has 6 rings (SSSR count). The third-order valence-corrected chi connectivity index (χ3v) is 8.50. The molecule has 0 bridgehead atoms. The first kappa shape index (κ1) is 24.3. The monoisotopic (exact) mass is 535 g/mol. The van der Waals surface area contributed by atoms with Gasteiger partial charge in [0.15, 0.2) is 4.34 Å². The van der Waals surface area contributed by atoms with Crippen molar-refractivity contribution in [2.24, 2.45) is 5.10 Å². The van der Waals surface area contributed by atoms with Crippen molar-refractivity contribution < 1.29 is 4.79 Å². The SMILES string of the molecule is Cc1ccccc1Nc1nnc(SCC(=O)N2N=C(c3ccc4ccccc4c3)CC2c2ccccc2)s1. The number of rotatable bonds is 7. The molecule has 1 N–H and O–H groups in total. The van der Waals surface area contributed by atoms with E-state index in [1.165, 1.54) is 28.5 Å². The molecule has 0 spiro atoms. The molecule has 0 saturated carbocycles. The first-order valence-electron chi connectivity index (χ1n) is 12.4. The fourth-order valence-electron chi connectivity index (χ4n) is 4.55. The molecule has 1 aromatic heterocycles. The zero-order chi connectivity index (χ0) is 25.9. The van der Waals surface area contributed by atoms with Crippen LogP contribution in [0.3, 0.4) is 0 Å². The summed E-state index contributed by atoms with van der Waals surface area (Å²) in [5, 5.41) is 21.4. The number of hydrogen-bond donors (Lipinski definition) is 1. The van der Waals surface area contributed by atoms with Crippen LogP contribution in [0.15, 0.2) is 107 Å². The average Bonchev–Trinajstić information content (AvgIpc) is 3.61. The van der Waals surface area contributed by atoms with Crippen LogP contribution in [0.5, 0.6) is 0 Å². The van der Waals surface area contributed by atoms with Gasteiger partial charge in [-0.05, 0) is 46.5 Å². The zero-order valence-corrected chi connectivity index (χ0v) is 22.4. The van der Waals surface area contributed by atoms with Crippen molar-refractivity contribution in [3.8, 4) is 0 Å². The minimum absolute atomic E-state index is 0.0525. The summed E-state index contributed by atoms with van der Waals surface area (Å²) in [6.07, 6.45) is 0.669. The van der Waals surface area contributed by atoms with Crippen LogP contribution in [0.4, 0.5) is 10.8 Å². The molecule has 0 fully saturated rings. The number of para-hydroxylation sites is 1. The number of nitrogens with one attached hydrogen (secondary N) is 1. The number of aromatic nitrogens is 2. The maximum atomic E-state index is 13.5. The Kier molecular flexibility index (Phi) is 6.90. The predicted molar refractivity (Wildman–Crippen MR) is 156 cm³/mol. The molecule has 1 atom stereocenters. The van der Waals surface area contributed by atoms with E-state index in [2.05, 4.69) is 58.0 Å². The van der Waals surface area contributed by atoms with Crippen LogP contribution in [-0.2, 0) is 4.79 Å². The van der Waals surface area contributed by atoms with E-state index in [0.717, 1.165) is 37.8 Å². The second-order valence-electron chi connectivity index (χ2n) is 9.08. The van der Waals surface area contributed by atoms with Crippen LogP contribution < -0.4 is 5.32 Å². The van der Waals surface area contributed by atoms with Crippen LogP contribution in [0.25, 0.3) is 10.8 Å². The van der Waals surface area contributed by atoms with Crippen LogP contribution >= 0.6 is 23.1 Å². The van der Waals surface area contributed by atoms with E-state index in [1.807, 2.05) is 61.5 Å². The van der Waals surface area contributed by atoms with Crippen molar-refractivity contribution in [1.29, 1.82) is 0 Å². The number of benzene rings is 4. The molecule has 8 heteroatoms. The molecular formula is C30H25N5OS2. The molecule has 0 radical (unpaired) electrons. The van der Waals surface area contributed by atoms with E-state index in [1.54, 1.807) is 5.01 Å². The third kappa shape index (κ3) is 5.18. The molecule has 0 saturated heterocycles. The second kappa shape index (κ2) is 10.8. The molecule has 2 heterocycles. The molecule has 1 unspecified atom stereocenters. The van der Waals surface area contributed by atoms with E-state index in [-0.39, 0.29) is 17.7 Å². The quantitative estimate of drug-likeness (QED) is 0.223. The van der Waals surface area contributed by atoms with Crippen molar-refractivity contribution in [2.75, 3.05) is 11.1 Å². The molecule has 188 valence electrons. The standard InChI is InChI=1S/C30H25N5OS2/c1-20-9-5-8-14-25(20)31-29-32-33-30(38-29)37-19-28(36)35-27(22-11-3-2-4-12-22)18-26(34-35)24-16-15-21-10-6-7-13-23(21)17-24/h2-17,27H,18-19H2,1H3,(H,31,32). The maximum absolute atomic E-state index is 13.5. The lowest BCUT2D eigenvalue weighted by Crippen LogP contribution is -2.28. The van der Waals surface area contributed by atoms with Gasteiger partial charge in [-0.2, -0.15) is 5.10 Å². The minimum Gasteiger partial charge on any atom is -0.330 e. The first-order chi connectivity index (χ1) is 18.6. The van der Waals surface area contributed by atoms with Gasteiger partial charge in [-0.25, -0.2) is 5.01 Å². The summed E-state index contributed by atoms with van der Waals surface area (Å²) in [5.41, 5.74) is 5.17. The summed E-state index contributed by atoms with van der Waals surface area (Å²) < 4.78 is 0.739. The van der Waals surface area contributed by atoms with Crippen molar-refractivity contribution in [3.63, 3.8) is 0 Å². The number of hydrogen-bond acceptors (Lipinski definition) is 7. The topological polar surface area (TPSA) is 70.5 Å². The summed E-state index contributed by atoms with van der Waals surface area (Å²) in [7, 11) is 0. The number of thioether (sulfide) groups is 1. The Morgan fingerprint density at radius 2 is 1.71 bits per heavy atom. The molecular weight excluding hydrogens is 510 g/mol. The van der Waals surface area contributed by atoms with Gasteiger partial charge in [0.1, 0.15) is 0 Å². The van der Waals surface area contributed by atoms with E-state index >= 15 is 0 Å². The Morgan fingerprint density at radius 1 is 0.947 bits per heavy atom. The van der Waals surface area contributed by atoms with Gasteiger partial charge in [-0.3, -0.25) is 4.79 Å². The highest BCUT2D eigenvalue weighted by atomic mass is 32.2. The number of aryl methyl sites for hydroxylation is 1. The third-order valence-electron chi connectivity index (χ3n) is 6.55. The van der Waals surface area contributed by atoms with Gasteiger partial charge in [0.05, 0.1) is 17.5 Å². The van der Waals surface area contributed by atoms with E-state index in [4.69, 9.17) is 5.10 Å². The van der Waals surface area contributed by atoms with Crippen LogP contribution in [0.2, 0.25) is 0 Å². The van der Waals surface area contributed by atoms with Crippen LogP contribution in [0, 0.1) is 6.92 Å². The average molecular weight is 536 g/mol. The normalized spacial score (nSPS) is 15.0. The van der Waals surface area contributed by atoms with Gasteiger partial charge < -0.3 is 5.32 Å². The highest BCUT2D eigenvalue weighted by molar-refractivity contribution is 8.01. The Hall–Kier alpha value is -4.01. The molecule has 4 aromatic carbocycles. The van der Waals surface area contributed by atoms with Gasteiger partial charge in [0.25, 0.3) is 5.91 Å². The van der Waals surface area contributed by atoms with Crippen molar-refractivity contribution in [2.45, 2.75) is 23.7 Å². The van der Waals surface area contributed by atoms with Crippen molar-refractivity contribution >= 4 is 56.3 Å². The fourth-order valence-corrected chi connectivity index (χ4v) is 6.17. The number of carbonyl (C=O) groups excluding carboxylic acids is 1. The van der Waals surface area contributed by atoms with E-state index in [9.17, 15) is 4.79 Å². The number of nitrogens with zero attached hydrogens (tertiary/aromatic N) is 4. The minimum atomic E-state index is -0.140. The number of amides is 1. The van der Waals surface area contributed by atoms with Gasteiger partial charge in [0.2, 0.25) is 5.13 Å². The van der Waals surface area contributed by atoms with Crippen molar-refractivity contribution in [3.05, 3.63) is 114 Å². The van der Waals surface area contributed by atoms with E-state index in [0.29, 0.717) is 11.6 Å². The molecule has 6 nitrogen and oxygen atoms in total. The summed E-state index contributed by atoms with van der Waals surface area (Å²) in [6, 6.07) is 32.7. The first-order valence-corrected chi connectivity index (χ1v) is 14.2. The summed E-state index contributed by atoms with van der Waals surface area (Å²) in [5.74, 6) is 0.180. The fraction of sp³-hybridized carbons (Fsp3) is 0.133. The summed E-state index contributed by atoms with van der Waals surface area (Å²) in [6.45, 7) is 2.05. The van der Waals surface area contributed by atoms with E-state index < -0.39 is 0 Å². The molecule has 5 aromatic rings. The Bertz CT molecular complexity index is 1630. The Balaban J connectivity index is 1.20. The molecule has 38 heavy (non-hydrogen) atoms. The highest BCUT2D eigenvalue weighted by Crippen LogP contribution is 2.35. The van der Waals surface area contributed by atoms with Gasteiger partial charge >= 0.3 is 0 Å². The molecule has 1 aliphatic rings. The van der Waals surface area contributed by atoms with Gasteiger partial charge in [0, 0.05) is 12.1 Å².